The number of hydrogen-bond acceptors (Lipinski definition) is 4. The summed E-state index contributed by atoms with van der Waals surface area (Å²) in [6.45, 7) is 1.48. The summed E-state index contributed by atoms with van der Waals surface area (Å²) >= 11 is 0.759. The third-order valence-corrected chi connectivity index (χ3v) is 4.81. The Kier molecular flexibility index (Phi) is 6.17. The average molecular weight is 421 g/mol. The van der Waals surface area contributed by atoms with Crippen molar-refractivity contribution in [3.63, 3.8) is 0 Å². The minimum atomic E-state index is -4.67. The zero-order valence-corrected chi connectivity index (χ0v) is 15.9. The molecule has 0 saturated heterocycles. The molecule has 0 saturated carbocycles. The number of rotatable bonds is 5. The summed E-state index contributed by atoms with van der Waals surface area (Å²) in [5, 5.41) is 1.35. The molecule has 0 bridgehead atoms. The number of carbonyl (C=O) groups excluding carboxylic acids is 1. The summed E-state index contributed by atoms with van der Waals surface area (Å²) in [6, 6.07) is 14.8. The lowest BCUT2D eigenvalue weighted by atomic mass is 10.1. The number of amides is 1. The maximum Gasteiger partial charge on any atom is 0.433 e. The van der Waals surface area contributed by atoms with Gasteiger partial charge in [-0.15, -0.1) is 0 Å². The highest BCUT2D eigenvalue weighted by Gasteiger charge is 2.34. The lowest BCUT2D eigenvalue weighted by molar-refractivity contribution is -0.141. The van der Waals surface area contributed by atoms with Crippen molar-refractivity contribution >= 4 is 23.4 Å². The number of hydrogen-bond donors (Lipinski definition) is 1. The molecule has 0 radical (unpaired) electrons. The van der Waals surface area contributed by atoms with E-state index in [1.807, 2.05) is 0 Å². The highest BCUT2D eigenvalue weighted by molar-refractivity contribution is 8.00. The van der Waals surface area contributed by atoms with E-state index in [0.717, 1.165) is 17.8 Å². The first-order valence-corrected chi connectivity index (χ1v) is 9.36. The number of alkyl halides is 3. The van der Waals surface area contributed by atoms with E-state index in [1.54, 1.807) is 36.4 Å². The van der Waals surface area contributed by atoms with Crippen molar-refractivity contribution in [3.8, 4) is 11.3 Å². The van der Waals surface area contributed by atoms with Crippen LogP contribution < -0.4 is 5.32 Å². The molecule has 0 fully saturated rings. The van der Waals surface area contributed by atoms with E-state index < -0.39 is 28.8 Å². The first kappa shape index (κ1) is 20.8. The molecule has 150 valence electrons. The number of nitrogens with one attached hydrogen (secondary N) is 1. The van der Waals surface area contributed by atoms with Crippen molar-refractivity contribution in [2.24, 2.45) is 0 Å². The first-order chi connectivity index (χ1) is 13.7. The number of benzene rings is 2. The molecule has 1 N–H and O–H groups in total. The van der Waals surface area contributed by atoms with Crippen LogP contribution in [0.15, 0.2) is 65.8 Å². The van der Waals surface area contributed by atoms with Gasteiger partial charge in [0.15, 0.2) is 5.16 Å². The van der Waals surface area contributed by atoms with E-state index in [4.69, 9.17) is 0 Å². The van der Waals surface area contributed by atoms with Gasteiger partial charge in [0.2, 0.25) is 5.91 Å². The summed E-state index contributed by atoms with van der Waals surface area (Å²) in [7, 11) is 0. The Balaban J connectivity index is 1.85. The molecule has 1 unspecified atom stereocenters. The maximum absolute atomic E-state index is 13.7. The van der Waals surface area contributed by atoms with Crippen LogP contribution in [-0.2, 0) is 11.0 Å². The number of aromatic nitrogens is 2. The molecular formula is C20H15F4N3OS. The number of anilines is 1. The van der Waals surface area contributed by atoms with E-state index in [9.17, 15) is 22.4 Å². The predicted octanol–water partition coefficient (Wildman–Crippen LogP) is 5.42. The Labute approximate surface area is 168 Å². The Morgan fingerprint density at radius 1 is 1.03 bits per heavy atom. The number of nitrogens with zero attached hydrogens (tertiary/aromatic N) is 2. The van der Waals surface area contributed by atoms with Gasteiger partial charge >= 0.3 is 6.18 Å². The maximum atomic E-state index is 13.7. The largest absolute Gasteiger partial charge is 0.433 e. The molecule has 3 aromatic rings. The van der Waals surface area contributed by atoms with E-state index in [0.29, 0.717) is 5.56 Å². The topological polar surface area (TPSA) is 54.9 Å². The van der Waals surface area contributed by atoms with Crippen LogP contribution in [-0.4, -0.2) is 21.1 Å². The summed E-state index contributed by atoms with van der Waals surface area (Å²) < 4.78 is 53.5. The molecule has 4 nitrogen and oxygen atoms in total. The monoisotopic (exact) mass is 421 g/mol. The highest BCUT2D eigenvalue weighted by atomic mass is 32.2. The molecule has 0 aliphatic rings. The van der Waals surface area contributed by atoms with E-state index in [-0.39, 0.29) is 16.5 Å². The van der Waals surface area contributed by atoms with Gasteiger partial charge in [-0.3, -0.25) is 4.79 Å². The summed E-state index contributed by atoms with van der Waals surface area (Å²) in [4.78, 5) is 20.0. The standard InChI is InChI=1S/C20H15F4N3OS/c1-12(18(28)25-15-10-6-5-9-14(15)21)29-19-26-16(13-7-3-2-4-8-13)11-17(27-19)20(22,23)24/h2-12H,1H3,(H,25,28). The van der Waals surface area contributed by atoms with Crippen molar-refractivity contribution in [1.29, 1.82) is 0 Å². The summed E-state index contributed by atoms with van der Waals surface area (Å²) in [5.74, 6) is -1.19. The number of para-hydroxylation sites is 1. The van der Waals surface area contributed by atoms with Gasteiger partial charge in [0.05, 0.1) is 16.6 Å². The minimum absolute atomic E-state index is 0.0140. The molecular weight excluding hydrogens is 406 g/mol. The molecule has 1 heterocycles. The van der Waals surface area contributed by atoms with Gasteiger partial charge < -0.3 is 5.32 Å². The molecule has 0 aliphatic heterocycles. The van der Waals surface area contributed by atoms with Gasteiger partial charge in [0.25, 0.3) is 0 Å². The van der Waals surface area contributed by atoms with E-state index in [2.05, 4.69) is 15.3 Å². The SMILES string of the molecule is CC(Sc1nc(-c2ccccc2)cc(C(F)(F)F)n1)C(=O)Nc1ccccc1F. The van der Waals surface area contributed by atoms with Gasteiger partial charge in [-0.1, -0.05) is 54.2 Å². The zero-order chi connectivity index (χ0) is 21.0. The quantitative estimate of drug-likeness (QED) is 0.340. The molecule has 9 heteroatoms. The third kappa shape index (κ3) is 5.32. The van der Waals surface area contributed by atoms with Gasteiger partial charge in [0, 0.05) is 5.56 Å². The molecule has 1 amide bonds. The lowest BCUT2D eigenvalue weighted by Gasteiger charge is -2.14. The van der Waals surface area contributed by atoms with Crippen LogP contribution in [0.5, 0.6) is 0 Å². The fourth-order valence-corrected chi connectivity index (χ4v) is 3.17. The zero-order valence-electron chi connectivity index (χ0n) is 15.1. The second kappa shape index (κ2) is 8.60. The molecule has 29 heavy (non-hydrogen) atoms. The second-order valence-corrected chi connectivity index (χ2v) is 7.32. The van der Waals surface area contributed by atoms with Crippen LogP contribution >= 0.6 is 11.8 Å². The van der Waals surface area contributed by atoms with Crippen LogP contribution in [0.4, 0.5) is 23.2 Å². The molecule has 3 rings (SSSR count). The third-order valence-electron chi connectivity index (χ3n) is 3.85. The van der Waals surface area contributed by atoms with Gasteiger partial charge in [-0.25, -0.2) is 14.4 Å². The van der Waals surface area contributed by atoms with Crippen LogP contribution in [0, 0.1) is 5.82 Å². The molecule has 0 aliphatic carbocycles. The van der Waals surface area contributed by atoms with Crippen LogP contribution in [0.1, 0.15) is 12.6 Å². The van der Waals surface area contributed by atoms with Gasteiger partial charge in [0.1, 0.15) is 11.5 Å². The fourth-order valence-electron chi connectivity index (χ4n) is 2.39. The van der Waals surface area contributed by atoms with Gasteiger partial charge in [-0.05, 0) is 25.1 Å². The molecule has 0 spiro atoms. The van der Waals surface area contributed by atoms with Crippen molar-refractivity contribution < 1.29 is 22.4 Å². The number of thioether (sulfide) groups is 1. The summed E-state index contributed by atoms with van der Waals surface area (Å²) in [5.41, 5.74) is -0.529. The lowest BCUT2D eigenvalue weighted by Crippen LogP contribution is -2.23. The van der Waals surface area contributed by atoms with Gasteiger partial charge in [-0.2, -0.15) is 13.2 Å². The average Bonchev–Trinajstić information content (AvgIpc) is 2.69. The fraction of sp³-hybridized carbons (Fsp3) is 0.150. The number of carbonyl (C=O) groups is 1. The minimum Gasteiger partial charge on any atom is -0.323 e. The Bertz CT molecular complexity index is 1010. The Hall–Kier alpha value is -2.94. The summed E-state index contributed by atoms with van der Waals surface area (Å²) in [6.07, 6.45) is -4.67. The van der Waals surface area contributed by atoms with Crippen molar-refractivity contribution in [3.05, 3.63) is 72.2 Å². The second-order valence-electron chi connectivity index (χ2n) is 6.01. The van der Waals surface area contributed by atoms with E-state index >= 15 is 0 Å². The van der Waals surface area contributed by atoms with Crippen molar-refractivity contribution in [2.75, 3.05) is 5.32 Å². The first-order valence-electron chi connectivity index (χ1n) is 8.48. The van der Waals surface area contributed by atoms with E-state index in [1.165, 1.54) is 25.1 Å². The van der Waals surface area contributed by atoms with Crippen LogP contribution in [0.2, 0.25) is 0 Å². The smallest absolute Gasteiger partial charge is 0.323 e. The predicted molar refractivity (Wildman–Crippen MR) is 103 cm³/mol. The Morgan fingerprint density at radius 3 is 2.34 bits per heavy atom. The van der Waals surface area contributed by atoms with Crippen LogP contribution in [0.25, 0.3) is 11.3 Å². The number of halogens is 4. The molecule has 1 aromatic heterocycles. The normalized spacial score (nSPS) is 12.4. The van der Waals surface area contributed by atoms with Crippen molar-refractivity contribution in [1.82, 2.24) is 9.97 Å². The molecule has 2 aromatic carbocycles. The Morgan fingerprint density at radius 2 is 1.69 bits per heavy atom. The van der Waals surface area contributed by atoms with Crippen LogP contribution in [0.3, 0.4) is 0 Å². The highest BCUT2D eigenvalue weighted by Crippen LogP contribution is 2.33. The van der Waals surface area contributed by atoms with Crippen molar-refractivity contribution in [2.45, 2.75) is 23.5 Å². The molecule has 1 atom stereocenters.